The second-order valence-corrected chi connectivity index (χ2v) is 17.4. The van der Waals surface area contributed by atoms with Gasteiger partial charge in [0.1, 0.15) is 13.2 Å². The molecule has 0 fully saturated rings. The lowest BCUT2D eigenvalue weighted by molar-refractivity contribution is -0.167. The number of carbonyl (C=O) groups excluding carboxylic acids is 3. The zero-order valence-corrected chi connectivity index (χ0v) is 40.9. The van der Waals surface area contributed by atoms with Crippen molar-refractivity contribution in [3.8, 4) is 0 Å². The van der Waals surface area contributed by atoms with E-state index in [1.165, 1.54) is 128 Å². The van der Waals surface area contributed by atoms with Crippen LogP contribution in [0.1, 0.15) is 258 Å². The summed E-state index contributed by atoms with van der Waals surface area (Å²) in [5.74, 6) is -0.922. The first-order valence-electron chi connectivity index (χ1n) is 26.3. The molecule has 0 aromatic heterocycles. The predicted molar refractivity (Wildman–Crippen MR) is 265 cm³/mol. The normalized spacial score (nSPS) is 12.5. The van der Waals surface area contributed by atoms with Crippen LogP contribution in [0.2, 0.25) is 0 Å². The molecule has 0 aliphatic carbocycles. The summed E-state index contributed by atoms with van der Waals surface area (Å²) < 4.78 is 16.8. The molecular formula is C56H98O6. The van der Waals surface area contributed by atoms with Gasteiger partial charge in [-0.3, -0.25) is 14.4 Å². The summed E-state index contributed by atoms with van der Waals surface area (Å²) in [6, 6.07) is 0. The molecule has 1 atom stereocenters. The van der Waals surface area contributed by atoms with Crippen LogP contribution in [0.25, 0.3) is 0 Å². The highest BCUT2D eigenvalue weighted by molar-refractivity contribution is 5.71. The lowest BCUT2D eigenvalue weighted by Gasteiger charge is -2.18. The molecule has 0 saturated heterocycles. The molecule has 0 unspecified atom stereocenters. The Morgan fingerprint density at radius 1 is 0.323 bits per heavy atom. The maximum Gasteiger partial charge on any atom is 0.306 e. The second kappa shape index (κ2) is 50.8. The number of hydrogen-bond donors (Lipinski definition) is 0. The van der Waals surface area contributed by atoms with Gasteiger partial charge in [-0.2, -0.15) is 0 Å². The Morgan fingerprint density at radius 3 is 1.02 bits per heavy atom. The molecule has 0 amide bonds. The lowest BCUT2D eigenvalue weighted by atomic mass is 10.0. The van der Waals surface area contributed by atoms with Gasteiger partial charge in [0.05, 0.1) is 0 Å². The molecule has 6 heteroatoms. The zero-order chi connectivity index (χ0) is 45.1. The molecule has 62 heavy (non-hydrogen) atoms. The second-order valence-electron chi connectivity index (χ2n) is 17.4. The van der Waals surface area contributed by atoms with E-state index in [-0.39, 0.29) is 31.1 Å². The molecule has 0 radical (unpaired) electrons. The van der Waals surface area contributed by atoms with Gasteiger partial charge in [-0.1, -0.05) is 216 Å². The summed E-state index contributed by atoms with van der Waals surface area (Å²) in [6.07, 6.45) is 62.0. The fourth-order valence-electron chi connectivity index (χ4n) is 7.23. The van der Waals surface area contributed by atoms with Crippen molar-refractivity contribution in [2.45, 2.75) is 264 Å². The minimum Gasteiger partial charge on any atom is -0.462 e. The van der Waals surface area contributed by atoms with Gasteiger partial charge in [-0.05, 0) is 83.5 Å². The number of allylic oxidation sites excluding steroid dienone is 10. The topological polar surface area (TPSA) is 78.9 Å². The average molecular weight is 867 g/mol. The van der Waals surface area contributed by atoms with Crippen LogP contribution in [-0.4, -0.2) is 37.2 Å². The van der Waals surface area contributed by atoms with E-state index in [2.05, 4.69) is 81.5 Å². The van der Waals surface area contributed by atoms with Crippen LogP contribution in [0.15, 0.2) is 60.8 Å². The summed E-state index contributed by atoms with van der Waals surface area (Å²) >= 11 is 0. The van der Waals surface area contributed by atoms with Crippen molar-refractivity contribution in [3.05, 3.63) is 60.8 Å². The first-order valence-corrected chi connectivity index (χ1v) is 26.3. The van der Waals surface area contributed by atoms with Crippen LogP contribution in [0.3, 0.4) is 0 Å². The quantitative estimate of drug-likeness (QED) is 0.0262. The summed E-state index contributed by atoms with van der Waals surface area (Å²) in [4.78, 5) is 37.9. The number of hydrogen-bond acceptors (Lipinski definition) is 6. The van der Waals surface area contributed by atoms with E-state index in [0.717, 1.165) is 89.9 Å². The maximum atomic E-state index is 12.8. The molecule has 0 aliphatic rings. The molecule has 0 aromatic carbocycles. The van der Waals surface area contributed by atoms with Crippen LogP contribution >= 0.6 is 0 Å². The number of esters is 3. The van der Waals surface area contributed by atoms with Crippen molar-refractivity contribution < 1.29 is 28.6 Å². The predicted octanol–water partition coefficient (Wildman–Crippen LogP) is 17.3. The van der Waals surface area contributed by atoms with Gasteiger partial charge in [-0.15, -0.1) is 0 Å². The number of rotatable bonds is 47. The van der Waals surface area contributed by atoms with Crippen molar-refractivity contribution >= 4 is 17.9 Å². The third kappa shape index (κ3) is 48.1. The SMILES string of the molecule is CCCC/C=C\CCCCCCCC(=O)OC[C@H](COC(=O)CCCCC/C=C\C/C=C\C/C=C\C/C=C\CCCCC)OC(=O)CCCCCCCCCCCCCCCC. The highest BCUT2D eigenvalue weighted by atomic mass is 16.6. The van der Waals surface area contributed by atoms with Crippen molar-refractivity contribution in [3.63, 3.8) is 0 Å². The van der Waals surface area contributed by atoms with E-state index < -0.39 is 6.10 Å². The number of unbranched alkanes of at least 4 members (excludes halogenated alkanes) is 26. The monoisotopic (exact) mass is 867 g/mol. The van der Waals surface area contributed by atoms with Gasteiger partial charge in [0.2, 0.25) is 0 Å². The highest BCUT2D eigenvalue weighted by Crippen LogP contribution is 2.15. The third-order valence-electron chi connectivity index (χ3n) is 11.2. The molecule has 0 heterocycles. The van der Waals surface area contributed by atoms with Gasteiger partial charge >= 0.3 is 17.9 Å². The average Bonchev–Trinajstić information content (AvgIpc) is 3.27. The Balaban J connectivity index is 4.40. The maximum absolute atomic E-state index is 12.8. The summed E-state index contributed by atoms with van der Waals surface area (Å²) in [6.45, 7) is 6.55. The van der Waals surface area contributed by atoms with Gasteiger partial charge in [0.25, 0.3) is 0 Å². The Bertz CT molecular complexity index is 1130. The van der Waals surface area contributed by atoms with Crippen LogP contribution in [0.4, 0.5) is 0 Å². The zero-order valence-electron chi connectivity index (χ0n) is 40.9. The Labute approximate surface area is 383 Å². The number of carbonyl (C=O) groups is 3. The minimum absolute atomic E-state index is 0.0873. The van der Waals surface area contributed by atoms with Crippen molar-refractivity contribution in [2.75, 3.05) is 13.2 Å². The fourth-order valence-corrected chi connectivity index (χ4v) is 7.23. The first kappa shape index (κ1) is 59.1. The molecule has 0 bridgehead atoms. The van der Waals surface area contributed by atoms with E-state index in [1.807, 2.05) is 0 Å². The fraction of sp³-hybridized carbons (Fsp3) is 0.768. The molecule has 0 saturated carbocycles. The third-order valence-corrected chi connectivity index (χ3v) is 11.2. The smallest absolute Gasteiger partial charge is 0.306 e. The van der Waals surface area contributed by atoms with Gasteiger partial charge in [0, 0.05) is 19.3 Å². The van der Waals surface area contributed by atoms with E-state index in [0.29, 0.717) is 19.3 Å². The molecule has 0 spiro atoms. The molecule has 0 rings (SSSR count). The standard InChI is InChI=1S/C56H98O6/c1-4-7-10-13-16-19-22-24-26-27-28-29-30-32-34-37-40-43-46-49-55(58)61-52-53(51-60-54(57)48-45-42-39-36-33-21-18-15-12-9-6-3)62-56(59)50-47-44-41-38-35-31-25-23-20-17-14-11-8-5-2/h15-16,18-19,24,26,28-29,32,34,53H,4-14,17,20-23,25,27,30-31,33,35-52H2,1-3H3/b18-15-,19-16-,26-24-,29-28-,34-32-/t53-/m1/s1. The van der Waals surface area contributed by atoms with Crippen LogP contribution in [-0.2, 0) is 28.6 Å². The van der Waals surface area contributed by atoms with Crippen LogP contribution < -0.4 is 0 Å². The minimum atomic E-state index is -0.787. The molecule has 0 N–H and O–H groups in total. The molecule has 6 nitrogen and oxygen atoms in total. The summed E-state index contributed by atoms with van der Waals surface area (Å²) in [5, 5.41) is 0. The molecule has 0 aliphatic heterocycles. The van der Waals surface area contributed by atoms with Crippen molar-refractivity contribution in [1.82, 2.24) is 0 Å². The van der Waals surface area contributed by atoms with Crippen LogP contribution in [0.5, 0.6) is 0 Å². The van der Waals surface area contributed by atoms with E-state index in [4.69, 9.17) is 14.2 Å². The molecule has 358 valence electrons. The first-order chi connectivity index (χ1) is 30.5. The Hall–Kier alpha value is -2.89. The van der Waals surface area contributed by atoms with Gasteiger partial charge in [0.15, 0.2) is 6.10 Å². The van der Waals surface area contributed by atoms with Crippen molar-refractivity contribution in [1.29, 1.82) is 0 Å². The van der Waals surface area contributed by atoms with Crippen LogP contribution in [0, 0.1) is 0 Å². The van der Waals surface area contributed by atoms with Crippen molar-refractivity contribution in [2.24, 2.45) is 0 Å². The van der Waals surface area contributed by atoms with Gasteiger partial charge in [-0.25, -0.2) is 0 Å². The van der Waals surface area contributed by atoms with E-state index in [1.54, 1.807) is 0 Å². The molecule has 0 aromatic rings. The Morgan fingerprint density at radius 2 is 0.597 bits per heavy atom. The Kier molecular flexibility index (Phi) is 48.4. The summed E-state index contributed by atoms with van der Waals surface area (Å²) in [5.41, 5.74) is 0. The van der Waals surface area contributed by atoms with Gasteiger partial charge < -0.3 is 14.2 Å². The lowest BCUT2D eigenvalue weighted by Crippen LogP contribution is -2.30. The molecular weight excluding hydrogens is 769 g/mol. The number of ether oxygens (including phenoxy) is 3. The summed E-state index contributed by atoms with van der Waals surface area (Å²) in [7, 11) is 0. The largest absolute Gasteiger partial charge is 0.462 e. The van der Waals surface area contributed by atoms with E-state index in [9.17, 15) is 14.4 Å². The van der Waals surface area contributed by atoms with E-state index >= 15 is 0 Å². The highest BCUT2D eigenvalue weighted by Gasteiger charge is 2.19.